The van der Waals surface area contributed by atoms with Crippen LogP contribution in [0.5, 0.6) is 0 Å². The van der Waals surface area contributed by atoms with Crippen molar-refractivity contribution in [2.24, 2.45) is 0 Å². The second-order valence-corrected chi connectivity index (χ2v) is 7.94. The molecule has 5 N–H and O–H groups in total. The van der Waals surface area contributed by atoms with E-state index in [1.807, 2.05) is 6.07 Å². The maximum atomic E-state index is 10.1. The van der Waals surface area contributed by atoms with Gasteiger partial charge in [0.1, 0.15) is 24.5 Å². The number of aliphatic hydroxyl groups is 5. The van der Waals surface area contributed by atoms with Crippen molar-refractivity contribution in [3.05, 3.63) is 35.9 Å². The SMILES string of the molecule is OC[C@@H]1[C@@H](O)[C@H](O)[C@@H](O)C(O)N1CCCCCCCCCCc1ccccc1. The number of likely N-dealkylation sites (tertiary alicyclic amines) is 1. The summed E-state index contributed by atoms with van der Waals surface area (Å²) < 4.78 is 0. The summed E-state index contributed by atoms with van der Waals surface area (Å²) in [5.74, 6) is 0. The second kappa shape index (κ2) is 12.5. The molecule has 0 spiro atoms. The Balaban J connectivity index is 1.52. The summed E-state index contributed by atoms with van der Waals surface area (Å²) in [6.07, 6.45) is 4.83. The number of unbranched alkanes of at least 4 members (excludes halogenated alkanes) is 7. The summed E-state index contributed by atoms with van der Waals surface area (Å²) in [4.78, 5) is 1.51. The molecule has 0 bridgehead atoms. The fourth-order valence-electron chi connectivity index (χ4n) is 4.03. The molecule has 1 fully saturated rings. The van der Waals surface area contributed by atoms with Gasteiger partial charge in [0, 0.05) is 6.54 Å². The van der Waals surface area contributed by atoms with Gasteiger partial charge in [-0.3, -0.25) is 4.90 Å². The van der Waals surface area contributed by atoms with E-state index in [0.29, 0.717) is 6.54 Å². The van der Waals surface area contributed by atoms with Crippen LogP contribution in [0.25, 0.3) is 0 Å². The van der Waals surface area contributed by atoms with Crippen LogP contribution in [-0.4, -0.2) is 74.2 Å². The molecule has 5 atom stereocenters. The Morgan fingerprint density at radius 3 is 1.86 bits per heavy atom. The fraction of sp³-hybridized carbons (Fsp3) is 0.727. The Morgan fingerprint density at radius 1 is 0.679 bits per heavy atom. The van der Waals surface area contributed by atoms with E-state index in [4.69, 9.17) is 0 Å². The van der Waals surface area contributed by atoms with Crippen molar-refractivity contribution in [1.82, 2.24) is 4.90 Å². The van der Waals surface area contributed by atoms with Gasteiger partial charge in [-0.1, -0.05) is 68.9 Å². The summed E-state index contributed by atoms with van der Waals surface area (Å²) in [7, 11) is 0. The number of piperidine rings is 1. The first kappa shape index (κ1) is 23.3. The van der Waals surface area contributed by atoms with Crippen LogP contribution in [-0.2, 0) is 6.42 Å². The molecular weight excluding hydrogens is 358 g/mol. The molecule has 0 amide bonds. The molecule has 0 aliphatic carbocycles. The molecule has 1 unspecified atom stereocenters. The Kier molecular flexibility index (Phi) is 10.4. The number of aryl methyl sites for hydroxylation is 1. The van der Waals surface area contributed by atoms with Crippen molar-refractivity contribution >= 4 is 0 Å². The average molecular weight is 396 g/mol. The van der Waals surface area contributed by atoms with Crippen LogP contribution in [0, 0.1) is 0 Å². The normalized spacial score (nSPS) is 28.5. The highest BCUT2D eigenvalue weighted by Gasteiger charge is 2.46. The number of rotatable bonds is 12. The Labute approximate surface area is 168 Å². The van der Waals surface area contributed by atoms with Gasteiger partial charge in [-0.05, 0) is 24.8 Å². The van der Waals surface area contributed by atoms with Gasteiger partial charge in [-0.25, -0.2) is 0 Å². The second-order valence-electron chi connectivity index (χ2n) is 7.94. The number of hydrogen-bond acceptors (Lipinski definition) is 6. The zero-order chi connectivity index (χ0) is 20.4. The lowest BCUT2D eigenvalue weighted by atomic mass is 9.92. The first-order valence-corrected chi connectivity index (χ1v) is 10.7. The van der Waals surface area contributed by atoms with Gasteiger partial charge in [0.2, 0.25) is 0 Å². The lowest BCUT2D eigenvalue weighted by Crippen LogP contribution is -2.67. The zero-order valence-electron chi connectivity index (χ0n) is 16.7. The molecule has 1 aromatic rings. The van der Waals surface area contributed by atoms with Crippen LogP contribution >= 0.6 is 0 Å². The molecule has 6 nitrogen and oxygen atoms in total. The predicted molar refractivity (Wildman–Crippen MR) is 109 cm³/mol. The van der Waals surface area contributed by atoms with Crippen LogP contribution in [0.1, 0.15) is 56.9 Å². The van der Waals surface area contributed by atoms with Crippen LogP contribution in [0.3, 0.4) is 0 Å². The molecule has 0 saturated carbocycles. The zero-order valence-corrected chi connectivity index (χ0v) is 16.7. The largest absolute Gasteiger partial charge is 0.395 e. The standard InChI is InChI=1S/C22H37NO5/c24-16-18-19(25)20(26)21(27)22(28)23(18)15-11-6-4-2-1-3-5-8-12-17-13-9-7-10-14-17/h7,9-10,13-14,18-22,24-28H,1-6,8,11-12,15-16H2/t18-,19-,20+,21-,22?/m1/s1. The highest BCUT2D eigenvalue weighted by molar-refractivity contribution is 5.14. The molecular formula is C22H37NO5. The molecule has 1 heterocycles. The van der Waals surface area contributed by atoms with E-state index in [-0.39, 0.29) is 6.61 Å². The van der Waals surface area contributed by atoms with Crippen molar-refractivity contribution in [1.29, 1.82) is 0 Å². The summed E-state index contributed by atoms with van der Waals surface area (Å²) in [6.45, 7) is 0.106. The molecule has 160 valence electrons. The van der Waals surface area contributed by atoms with Crippen LogP contribution in [0.2, 0.25) is 0 Å². The van der Waals surface area contributed by atoms with Crippen LogP contribution in [0.4, 0.5) is 0 Å². The summed E-state index contributed by atoms with van der Waals surface area (Å²) in [6, 6.07) is 9.83. The highest BCUT2D eigenvalue weighted by atomic mass is 16.4. The molecule has 1 aromatic carbocycles. The number of nitrogens with zero attached hydrogens (tertiary/aromatic N) is 1. The van der Waals surface area contributed by atoms with E-state index in [1.54, 1.807) is 0 Å². The quantitative estimate of drug-likeness (QED) is 0.343. The molecule has 2 rings (SSSR count). The van der Waals surface area contributed by atoms with Gasteiger partial charge in [0.15, 0.2) is 0 Å². The minimum atomic E-state index is -1.44. The molecule has 6 heteroatoms. The molecule has 1 aliphatic rings. The molecule has 0 radical (unpaired) electrons. The van der Waals surface area contributed by atoms with Crippen LogP contribution < -0.4 is 0 Å². The molecule has 0 aromatic heterocycles. The molecule has 28 heavy (non-hydrogen) atoms. The Bertz CT molecular complexity index is 529. The van der Waals surface area contributed by atoms with E-state index >= 15 is 0 Å². The minimum absolute atomic E-state index is 0.370. The van der Waals surface area contributed by atoms with Gasteiger partial charge < -0.3 is 25.5 Å². The third kappa shape index (κ3) is 6.79. The maximum absolute atomic E-state index is 10.1. The topological polar surface area (TPSA) is 104 Å². The van der Waals surface area contributed by atoms with Gasteiger partial charge in [-0.15, -0.1) is 0 Å². The fourth-order valence-corrected chi connectivity index (χ4v) is 4.03. The van der Waals surface area contributed by atoms with Gasteiger partial charge >= 0.3 is 0 Å². The Morgan fingerprint density at radius 2 is 1.25 bits per heavy atom. The smallest absolute Gasteiger partial charge is 0.136 e. The minimum Gasteiger partial charge on any atom is -0.395 e. The average Bonchev–Trinajstić information content (AvgIpc) is 2.72. The van der Waals surface area contributed by atoms with Crippen LogP contribution in [0.15, 0.2) is 30.3 Å². The van der Waals surface area contributed by atoms with Gasteiger partial charge in [0.25, 0.3) is 0 Å². The van der Waals surface area contributed by atoms with Crippen molar-refractivity contribution in [2.45, 2.75) is 88.4 Å². The number of benzene rings is 1. The monoisotopic (exact) mass is 395 g/mol. The third-order valence-electron chi connectivity index (χ3n) is 5.83. The summed E-state index contributed by atoms with van der Waals surface area (Å²) in [5, 5.41) is 49.1. The summed E-state index contributed by atoms with van der Waals surface area (Å²) >= 11 is 0. The molecule has 1 aliphatic heterocycles. The predicted octanol–water partition coefficient (Wildman–Crippen LogP) is 1.43. The lowest BCUT2D eigenvalue weighted by Gasteiger charge is -2.46. The van der Waals surface area contributed by atoms with Crippen molar-refractivity contribution < 1.29 is 25.5 Å². The number of hydrogen-bond donors (Lipinski definition) is 5. The molecule has 1 saturated heterocycles. The van der Waals surface area contributed by atoms with Gasteiger partial charge in [0.05, 0.1) is 12.6 Å². The van der Waals surface area contributed by atoms with Crippen molar-refractivity contribution in [3.63, 3.8) is 0 Å². The van der Waals surface area contributed by atoms with E-state index < -0.39 is 30.6 Å². The van der Waals surface area contributed by atoms with E-state index in [2.05, 4.69) is 24.3 Å². The Hall–Kier alpha value is -1.02. The van der Waals surface area contributed by atoms with E-state index in [1.165, 1.54) is 42.6 Å². The summed E-state index contributed by atoms with van der Waals surface area (Å²) in [5.41, 5.74) is 1.41. The first-order valence-electron chi connectivity index (χ1n) is 10.7. The van der Waals surface area contributed by atoms with E-state index in [9.17, 15) is 25.5 Å². The van der Waals surface area contributed by atoms with Crippen molar-refractivity contribution in [2.75, 3.05) is 13.2 Å². The first-order chi connectivity index (χ1) is 13.6. The van der Waals surface area contributed by atoms with Gasteiger partial charge in [-0.2, -0.15) is 0 Å². The van der Waals surface area contributed by atoms with E-state index in [0.717, 1.165) is 25.7 Å². The number of aliphatic hydroxyl groups excluding tert-OH is 5. The highest BCUT2D eigenvalue weighted by Crippen LogP contribution is 2.24. The lowest BCUT2D eigenvalue weighted by molar-refractivity contribution is -0.222. The third-order valence-corrected chi connectivity index (χ3v) is 5.83. The van der Waals surface area contributed by atoms with Crippen molar-refractivity contribution in [3.8, 4) is 0 Å². The maximum Gasteiger partial charge on any atom is 0.136 e.